The fourth-order valence-electron chi connectivity index (χ4n) is 1.96. The van der Waals surface area contributed by atoms with E-state index in [1.807, 2.05) is 0 Å². The molecule has 0 spiro atoms. The highest BCUT2D eigenvalue weighted by molar-refractivity contribution is 5.85. The third-order valence-corrected chi connectivity index (χ3v) is 2.94. The molecule has 0 atom stereocenters. The van der Waals surface area contributed by atoms with E-state index < -0.39 is 30.1 Å². The summed E-state index contributed by atoms with van der Waals surface area (Å²) in [6, 6.07) is -0.498. The quantitative estimate of drug-likeness (QED) is 0.377. The number of hydrazine groups is 1. The van der Waals surface area contributed by atoms with Crippen LogP contribution in [0.2, 0.25) is 0 Å². The van der Waals surface area contributed by atoms with Gasteiger partial charge in [-0.25, -0.2) is 4.79 Å². The van der Waals surface area contributed by atoms with Crippen molar-refractivity contribution in [2.24, 2.45) is 0 Å². The summed E-state index contributed by atoms with van der Waals surface area (Å²) >= 11 is 0. The molecule has 0 bridgehead atoms. The lowest BCUT2D eigenvalue weighted by Crippen LogP contribution is -2.50. The number of hydrogen-bond donors (Lipinski definition) is 3. The van der Waals surface area contributed by atoms with Gasteiger partial charge in [-0.15, -0.1) is 0 Å². The van der Waals surface area contributed by atoms with E-state index in [-0.39, 0.29) is 6.04 Å². The molecule has 1 fully saturated rings. The molecule has 1 saturated carbocycles. The van der Waals surface area contributed by atoms with Crippen molar-refractivity contribution in [1.82, 2.24) is 16.2 Å². The Kier molecular flexibility index (Phi) is 6.34. The summed E-state index contributed by atoms with van der Waals surface area (Å²) in [6.07, 6.45) is 5.29. The van der Waals surface area contributed by atoms with E-state index in [0.717, 1.165) is 38.2 Å². The first-order valence-corrected chi connectivity index (χ1v) is 6.43. The van der Waals surface area contributed by atoms with E-state index in [2.05, 4.69) is 16.2 Å². The molecule has 112 valence electrons. The monoisotopic (exact) mass is 283 g/mol. The number of carboxylic acid groups (broad SMARTS) is 2. The number of hydrogen-bond acceptors (Lipinski definition) is 6. The Balaban J connectivity index is 2.38. The molecule has 2 amide bonds. The lowest BCUT2D eigenvalue weighted by atomic mass is 9.96. The number of aliphatic carboxylic acids is 2. The minimum Gasteiger partial charge on any atom is -0.550 e. The molecule has 0 heterocycles. The highest BCUT2D eigenvalue weighted by atomic mass is 16.4. The van der Waals surface area contributed by atoms with Crippen molar-refractivity contribution in [2.75, 3.05) is 0 Å². The number of amides is 2. The summed E-state index contributed by atoms with van der Waals surface area (Å²) in [5.41, 5.74) is 3.71. The molecule has 1 aliphatic carbocycles. The van der Waals surface area contributed by atoms with Gasteiger partial charge in [0.2, 0.25) is 0 Å². The van der Waals surface area contributed by atoms with Crippen LogP contribution in [0.3, 0.4) is 0 Å². The molecule has 8 heteroatoms. The van der Waals surface area contributed by atoms with Crippen LogP contribution in [-0.2, 0) is 9.59 Å². The molecule has 20 heavy (non-hydrogen) atoms. The van der Waals surface area contributed by atoms with Crippen LogP contribution in [0.1, 0.15) is 38.5 Å². The Morgan fingerprint density at radius 2 is 1.70 bits per heavy atom. The van der Waals surface area contributed by atoms with Gasteiger partial charge in [-0.2, -0.15) is 0 Å². The highest BCUT2D eigenvalue weighted by Gasteiger charge is 2.15. The average Bonchev–Trinajstić information content (AvgIpc) is 2.39. The first-order valence-electron chi connectivity index (χ1n) is 6.43. The molecular weight excluding hydrogens is 266 g/mol. The molecule has 0 unspecified atom stereocenters. The highest BCUT2D eigenvalue weighted by Crippen LogP contribution is 2.16. The van der Waals surface area contributed by atoms with Crippen LogP contribution in [-0.4, -0.2) is 24.0 Å². The Morgan fingerprint density at radius 1 is 1.05 bits per heavy atom. The Labute approximate surface area is 116 Å². The SMILES string of the molecule is O=C([O-])CC=C(NNC(=O)NC1CCCCC1)C(=O)[O-]. The Hall–Kier alpha value is -2.25. The van der Waals surface area contributed by atoms with Crippen LogP contribution >= 0.6 is 0 Å². The third-order valence-electron chi connectivity index (χ3n) is 2.94. The van der Waals surface area contributed by atoms with E-state index in [4.69, 9.17) is 0 Å². The van der Waals surface area contributed by atoms with Crippen LogP contribution in [0.15, 0.2) is 11.8 Å². The summed E-state index contributed by atoms with van der Waals surface area (Å²) in [7, 11) is 0. The fourth-order valence-corrected chi connectivity index (χ4v) is 1.96. The van der Waals surface area contributed by atoms with Gasteiger partial charge in [-0.05, 0) is 12.8 Å². The number of carboxylic acids is 2. The zero-order valence-corrected chi connectivity index (χ0v) is 10.9. The minimum absolute atomic E-state index is 0.0733. The molecule has 0 aromatic rings. The van der Waals surface area contributed by atoms with E-state index in [1.54, 1.807) is 0 Å². The number of nitrogens with one attached hydrogen (secondary N) is 3. The first-order chi connectivity index (χ1) is 9.49. The molecule has 0 saturated heterocycles. The molecule has 3 N–H and O–H groups in total. The van der Waals surface area contributed by atoms with Crippen LogP contribution in [0.25, 0.3) is 0 Å². The third kappa shape index (κ3) is 6.07. The van der Waals surface area contributed by atoms with Gasteiger partial charge < -0.3 is 25.1 Å². The van der Waals surface area contributed by atoms with Gasteiger partial charge in [0.1, 0.15) is 0 Å². The summed E-state index contributed by atoms with van der Waals surface area (Å²) in [6.45, 7) is 0. The summed E-state index contributed by atoms with van der Waals surface area (Å²) < 4.78 is 0. The molecule has 0 aliphatic heterocycles. The Bertz CT molecular complexity index is 402. The van der Waals surface area contributed by atoms with Crippen molar-refractivity contribution in [3.8, 4) is 0 Å². The van der Waals surface area contributed by atoms with Gasteiger partial charge in [-0.3, -0.25) is 10.9 Å². The number of carbonyl (C=O) groups is 3. The predicted octanol–water partition coefficient (Wildman–Crippen LogP) is -2.10. The smallest absolute Gasteiger partial charge is 0.333 e. The standard InChI is InChI=1S/C12H19N3O5/c16-10(17)7-6-9(11(18)19)14-15-12(20)13-8-4-2-1-3-5-8/h6,8,14H,1-5,7H2,(H,16,17)(H,18,19)(H2,13,15,20)/p-2. The van der Waals surface area contributed by atoms with Crippen LogP contribution in [0.5, 0.6) is 0 Å². The number of rotatable bonds is 6. The molecule has 0 radical (unpaired) electrons. The lowest BCUT2D eigenvalue weighted by Gasteiger charge is -2.23. The fraction of sp³-hybridized carbons (Fsp3) is 0.583. The second-order valence-electron chi connectivity index (χ2n) is 4.54. The summed E-state index contributed by atoms with van der Waals surface area (Å²) in [5, 5.41) is 23.6. The number of carbonyl (C=O) groups excluding carboxylic acids is 3. The molecule has 1 rings (SSSR count). The second kappa shape index (κ2) is 8.03. The minimum atomic E-state index is -1.62. The molecule has 1 aliphatic rings. The van der Waals surface area contributed by atoms with Crippen LogP contribution in [0.4, 0.5) is 4.79 Å². The predicted molar refractivity (Wildman–Crippen MR) is 64.4 cm³/mol. The summed E-state index contributed by atoms with van der Waals surface area (Å²) in [5.74, 6) is -3.05. The topological polar surface area (TPSA) is 133 Å². The average molecular weight is 283 g/mol. The zero-order valence-electron chi connectivity index (χ0n) is 10.9. The van der Waals surface area contributed by atoms with Gasteiger partial charge in [0.15, 0.2) is 0 Å². The van der Waals surface area contributed by atoms with Crippen molar-refractivity contribution >= 4 is 18.0 Å². The molecule has 0 aromatic carbocycles. The maximum absolute atomic E-state index is 11.5. The Morgan fingerprint density at radius 3 is 2.25 bits per heavy atom. The van der Waals surface area contributed by atoms with E-state index in [1.165, 1.54) is 0 Å². The number of urea groups is 1. The van der Waals surface area contributed by atoms with E-state index >= 15 is 0 Å². The van der Waals surface area contributed by atoms with Crippen molar-refractivity contribution in [2.45, 2.75) is 44.6 Å². The molecular formula is C12H17N3O5-2. The largest absolute Gasteiger partial charge is 0.550 e. The van der Waals surface area contributed by atoms with E-state index in [9.17, 15) is 24.6 Å². The summed E-state index contributed by atoms with van der Waals surface area (Å²) in [4.78, 5) is 32.4. The zero-order chi connectivity index (χ0) is 15.0. The van der Waals surface area contributed by atoms with Crippen LogP contribution in [0, 0.1) is 0 Å². The van der Waals surface area contributed by atoms with Crippen molar-refractivity contribution < 1.29 is 24.6 Å². The van der Waals surface area contributed by atoms with Gasteiger partial charge in [0, 0.05) is 18.4 Å². The molecule has 0 aromatic heterocycles. The maximum Gasteiger partial charge on any atom is 0.333 e. The van der Waals surface area contributed by atoms with Gasteiger partial charge in [0.25, 0.3) is 0 Å². The lowest BCUT2D eigenvalue weighted by molar-refractivity contribution is -0.304. The van der Waals surface area contributed by atoms with Gasteiger partial charge in [-0.1, -0.05) is 25.3 Å². The van der Waals surface area contributed by atoms with Gasteiger partial charge >= 0.3 is 6.03 Å². The van der Waals surface area contributed by atoms with Crippen LogP contribution < -0.4 is 26.4 Å². The van der Waals surface area contributed by atoms with Gasteiger partial charge in [0.05, 0.1) is 11.7 Å². The normalized spacial score (nSPS) is 16.3. The molecule has 8 nitrogen and oxygen atoms in total. The van der Waals surface area contributed by atoms with E-state index in [0.29, 0.717) is 0 Å². The van der Waals surface area contributed by atoms with Crippen molar-refractivity contribution in [3.05, 3.63) is 11.8 Å². The second-order valence-corrected chi connectivity index (χ2v) is 4.54. The maximum atomic E-state index is 11.5. The first kappa shape index (κ1) is 15.8. The van der Waals surface area contributed by atoms with Crippen molar-refractivity contribution in [1.29, 1.82) is 0 Å². The van der Waals surface area contributed by atoms with Crippen molar-refractivity contribution in [3.63, 3.8) is 0 Å².